The summed E-state index contributed by atoms with van der Waals surface area (Å²) in [4.78, 5) is 12.3. The SMILES string of the molecule is Cc1ccccc1N=Cc1ccc(C=Nc2ccccc2C)[nH]1.[I][Fe][I]. The van der Waals surface area contributed by atoms with Crippen LogP contribution in [0.3, 0.4) is 0 Å². The number of rotatable bonds is 4. The predicted molar refractivity (Wildman–Crippen MR) is 126 cm³/mol. The van der Waals surface area contributed by atoms with Crippen LogP contribution in [-0.2, 0) is 8.46 Å². The maximum absolute atomic E-state index is 4.52. The number of benzene rings is 2. The van der Waals surface area contributed by atoms with Gasteiger partial charge in [0, 0.05) is 0 Å². The molecule has 0 spiro atoms. The number of hydrogen-bond acceptors (Lipinski definition) is 2. The van der Waals surface area contributed by atoms with Gasteiger partial charge in [-0.25, -0.2) is 0 Å². The van der Waals surface area contributed by atoms with E-state index in [-0.39, 0.29) is 0 Å². The van der Waals surface area contributed by atoms with Crippen molar-refractivity contribution in [1.29, 1.82) is 0 Å². The summed E-state index contributed by atoms with van der Waals surface area (Å²) in [5.74, 6) is 0. The van der Waals surface area contributed by atoms with Gasteiger partial charge in [-0.05, 0) is 49.2 Å². The first-order valence-electron chi connectivity index (χ1n) is 7.87. The fourth-order valence-electron chi connectivity index (χ4n) is 2.27. The Kier molecular flexibility index (Phi) is 9.59. The number of para-hydroxylation sites is 2. The molecule has 2 aromatic carbocycles. The first kappa shape index (κ1) is 21.3. The Morgan fingerprint density at radius 3 is 1.50 bits per heavy atom. The van der Waals surface area contributed by atoms with Crippen molar-refractivity contribution in [3.8, 4) is 0 Å². The van der Waals surface area contributed by atoms with Crippen LogP contribution in [0.2, 0.25) is 0 Å². The average molecular weight is 611 g/mol. The third-order valence-corrected chi connectivity index (χ3v) is 3.65. The van der Waals surface area contributed by atoms with Gasteiger partial charge in [0.15, 0.2) is 0 Å². The van der Waals surface area contributed by atoms with E-state index in [4.69, 9.17) is 0 Å². The van der Waals surface area contributed by atoms with Crippen LogP contribution in [0.1, 0.15) is 22.5 Å². The molecule has 1 N–H and O–H groups in total. The number of aliphatic imine (C=N–C) groups is 2. The van der Waals surface area contributed by atoms with Crippen LogP contribution in [0.25, 0.3) is 0 Å². The number of halogens is 2. The van der Waals surface area contributed by atoms with Crippen LogP contribution in [0.15, 0.2) is 70.6 Å². The number of aromatic nitrogens is 1. The van der Waals surface area contributed by atoms with Crippen LogP contribution in [-0.4, -0.2) is 17.4 Å². The van der Waals surface area contributed by atoms with Crippen molar-refractivity contribution >= 4 is 64.5 Å². The van der Waals surface area contributed by atoms with E-state index in [0.717, 1.165) is 33.9 Å². The molecular weight excluding hydrogens is 592 g/mol. The van der Waals surface area contributed by atoms with Crippen LogP contribution in [0.4, 0.5) is 11.4 Å². The van der Waals surface area contributed by atoms with Gasteiger partial charge in [-0.2, -0.15) is 0 Å². The van der Waals surface area contributed by atoms with Crippen molar-refractivity contribution in [2.24, 2.45) is 9.98 Å². The molecule has 0 atom stereocenters. The second-order valence-electron chi connectivity index (χ2n) is 5.51. The van der Waals surface area contributed by atoms with Crippen LogP contribution >= 0.6 is 40.7 Å². The summed E-state index contributed by atoms with van der Waals surface area (Å²) in [7, 11) is 1.19. The predicted octanol–water partition coefficient (Wildman–Crippen LogP) is 6.90. The molecule has 3 rings (SSSR count). The molecule has 0 saturated heterocycles. The number of hydrogen-bond donors (Lipinski definition) is 1. The van der Waals surface area contributed by atoms with Crippen molar-refractivity contribution in [2.75, 3.05) is 0 Å². The van der Waals surface area contributed by atoms with Gasteiger partial charge in [0.2, 0.25) is 0 Å². The summed E-state index contributed by atoms with van der Waals surface area (Å²) >= 11 is 4.55. The summed E-state index contributed by atoms with van der Waals surface area (Å²) in [6.45, 7) is 4.11. The quantitative estimate of drug-likeness (QED) is 0.190. The molecule has 0 aliphatic carbocycles. The fourth-order valence-corrected chi connectivity index (χ4v) is 2.27. The Morgan fingerprint density at radius 2 is 1.12 bits per heavy atom. The summed E-state index contributed by atoms with van der Waals surface area (Å²) in [5, 5.41) is 0. The monoisotopic (exact) mass is 611 g/mol. The standard InChI is InChI=1S/C20H19N3.Fe.2HI/c1-15-7-3-5-9-19(15)21-13-17-11-12-18(23-17)14-22-20-10-6-4-8-16(20)2;;;/h3-14,23H,1-2H3;;2*1H/q;+2;;/p-2. The van der Waals surface area contributed by atoms with Crippen molar-refractivity contribution in [2.45, 2.75) is 13.8 Å². The second-order valence-corrected chi connectivity index (χ2v) is 14.8. The van der Waals surface area contributed by atoms with E-state index in [2.05, 4.69) is 81.6 Å². The molecule has 0 saturated carbocycles. The average Bonchev–Trinajstić information content (AvgIpc) is 3.09. The molecule has 0 aliphatic rings. The Labute approximate surface area is 183 Å². The molecule has 6 heteroatoms. The molecule has 0 fully saturated rings. The molecule has 3 aromatic rings. The van der Waals surface area contributed by atoms with Crippen molar-refractivity contribution in [1.82, 2.24) is 4.98 Å². The fraction of sp³-hybridized carbons (Fsp3) is 0.100. The third kappa shape index (κ3) is 6.98. The van der Waals surface area contributed by atoms with E-state index in [0.29, 0.717) is 0 Å². The zero-order valence-corrected chi connectivity index (χ0v) is 19.9. The first-order valence-corrected chi connectivity index (χ1v) is 15.0. The van der Waals surface area contributed by atoms with Crippen molar-refractivity contribution < 1.29 is 8.46 Å². The molecule has 26 heavy (non-hydrogen) atoms. The maximum atomic E-state index is 4.52. The number of H-pyrrole nitrogens is 1. The van der Waals surface area contributed by atoms with Crippen molar-refractivity contribution in [3.63, 3.8) is 0 Å². The molecule has 136 valence electrons. The van der Waals surface area contributed by atoms with Gasteiger partial charge in [-0.1, -0.05) is 36.4 Å². The Balaban J connectivity index is 0.000000758. The summed E-state index contributed by atoms with van der Waals surface area (Å²) < 4.78 is 0. The molecule has 0 unspecified atom stereocenters. The molecule has 0 bridgehead atoms. The van der Waals surface area contributed by atoms with E-state index >= 15 is 0 Å². The molecule has 0 radical (unpaired) electrons. The number of nitrogens with zero attached hydrogens (tertiary/aromatic N) is 2. The zero-order valence-electron chi connectivity index (χ0n) is 14.4. The van der Waals surface area contributed by atoms with Gasteiger partial charge in [0.05, 0.1) is 35.2 Å². The minimum atomic E-state index is 0.958. The van der Waals surface area contributed by atoms with Crippen LogP contribution < -0.4 is 0 Å². The van der Waals surface area contributed by atoms with E-state index in [9.17, 15) is 0 Å². The van der Waals surface area contributed by atoms with E-state index in [1.807, 2.05) is 61.0 Å². The zero-order chi connectivity index (χ0) is 18.8. The molecule has 1 heterocycles. The van der Waals surface area contributed by atoms with Gasteiger partial charge >= 0.3 is 49.1 Å². The molecule has 3 nitrogen and oxygen atoms in total. The molecular formula is C20H19FeI2N3. The van der Waals surface area contributed by atoms with E-state index in [1.54, 1.807) is 0 Å². The molecule has 0 amide bonds. The second kappa shape index (κ2) is 11.7. The number of aromatic amines is 1. The summed E-state index contributed by atoms with van der Waals surface area (Å²) in [6.07, 6.45) is 3.68. The van der Waals surface area contributed by atoms with Gasteiger partial charge in [-0.15, -0.1) is 0 Å². The third-order valence-electron chi connectivity index (χ3n) is 3.65. The topological polar surface area (TPSA) is 40.5 Å². The molecule has 1 aromatic heterocycles. The van der Waals surface area contributed by atoms with Gasteiger partial charge in [0.1, 0.15) is 0 Å². The minimum absolute atomic E-state index is 0.958. The van der Waals surface area contributed by atoms with Gasteiger partial charge in [-0.3, -0.25) is 9.98 Å². The summed E-state index contributed by atoms with van der Waals surface area (Å²) in [5.41, 5.74) is 6.21. The van der Waals surface area contributed by atoms with E-state index < -0.39 is 0 Å². The van der Waals surface area contributed by atoms with Gasteiger partial charge < -0.3 is 4.98 Å². The normalized spacial score (nSPS) is 11.1. The van der Waals surface area contributed by atoms with Crippen LogP contribution in [0.5, 0.6) is 0 Å². The molecule has 0 aliphatic heterocycles. The Morgan fingerprint density at radius 1 is 0.731 bits per heavy atom. The summed E-state index contributed by atoms with van der Waals surface area (Å²) in [6, 6.07) is 20.2. The number of nitrogens with one attached hydrogen (secondary N) is 1. The Bertz CT molecular complexity index is 818. The van der Waals surface area contributed by atoms with Gasteiger partial charge in [0.25, 0.3) is 0 Å². The Hall–Kier alpha value is -0.961. The number of aryl methyl sites for hydroxylation is 2. The first-order chi connectivity index (χ1) is 12.6. The van der Waals surface area contributed by atoms with Crippen LogP contribution in [0, 0.1) is 13.8 Å². The van der Waals surface area contributed by atoms with E-state index in [1.165, 1.54) is 8.46 Å². The van der Waals surface area contributed by atoms with Crippen molar-refractivity contribution in [3.05, 3.63) is 83.2 Å².